The van der Waals surface area contributed by atoms with E-state index >= 15 is 0 Å². The lowest BCUT2D eigenvalue weighted by Crippen LogP contribution is -2.38. The first kappa shape index (κ1) is 31.8. The minimum absolute atomic E-state index is 0.0350. The molecule has 1 unspecified atom stereocenters. The number of rotatable bonds is 11. The van der Waals surface area contributed by atoms with Gasteiger partial charge in [0, 0.05) is 41.3 Å². The normalized spacial score (nSPS) is 19.0. The molecule has 4 aromatic carbocycles. The number of hydrogen-bond acceptors (Lipinski definition) is 7. The van der Waals surface area contributed by atoms with Crippen molar-refractivity contribution in [1.29, 1.82) is 0 Å². The van der Waals surface area contributed by atoms with Gasteiger partial charge >= 0.3 is 5.97 Å². The number of carbonyl (C=O) groups is 2. The topological polar surface area (TPSA) is 83.4 Å². The molecule has 0 N–H and O–H groups in total. The van der Waals surface area contributed by atoms with Crippen LogP contribution < -0.4 is 14.2 Å². The van der Waals surface area contributed by atoms with E-state index in [-0.39, 0.29) is 24.7 Å². The Hall–Kier alpha value is -5.17. The number of esters is 1. The SMILES string of the molecule is COc1ccc([C@H]2CC(=O)C3=C(C2)N=C(C)C(C(=O)OCCc2ccccc2)[C@H]3c2ccccc2OCc2ccccc2)cc1OC. The first-order valence-electron chi connectivity index (χ1n) is 16.0. The number of allylic oxidation sites excluding steroid dienone is 2. The van der Waals surface area contributed by atoms with Gasteiger partial charge < -0.3 is 18.9 Å². The predicted molar refractivity (Wildman–Crippen MR) is 181 cm³/mol. The molecule has 3 atom stereocenters. The number of aliphatic imine (C=N–C) groups is 1. The van der Waals surface area contributed by atoms with E-state index in [0.29, 0.717) is 53.7 Å². The molecule has 0 amide bonds. The lowest BCUT2D eigenvalue weighted by atomic mass is 9.69. The van der Waals surface area contributed by atoms with Gasteiger partial charge in [0.1, 0.15) is 18.3 Å². The van der Waals surface area contributed by atoms with Crippen molar-refractivity contribution in [2.45, 2.75) is 44.6 Å². The molecule has 0 bridgehead atoms. The number of methoxy groups -OCH3 is 2. The van der Waals surface area contributed by atoms with E-state index in [1.54, 1.807) is 14.2 Å². The predicted octanol–water partition coefficient (Wildman–Crippen LogP) is 7.64. The monoisotopic (exact) mass is 629 g/mol. The summed E-state index contributed by atoms with van der Waals surface area (Å²) < 4.78 is 23.3. The molecule has 4 aromatic rings. The zero-order valence-electron chi connectivity index (χ0n) is 27.0. The Bertz CT molecular complexity index is 1800. The van der Waals surface area contributed by atoms with Crippen molar-refractivity contribution in [2.75, 3.05) is 20.8 Å². The van der Waals surface area contributed by atoms with Crippen molar-refractivity contribution < 1.29 is 28.5 Å². The zero-order valence-corrected chi connectivity index (χ0v) is 27.0. The van der Waals surface area contributed by atoms with Crippen molar-refractivity contribution in [2.24, 2.45) is 10.9 Å². The number of benzene rings is 4. The number of Topliss-reactive ketones (excluding diaryl/α,β-unsaturated/α-hetero) is 1. The Morgan fingerprint density at radius 1 is 0.787 bits per heavy atom. The fourth-order valence-corrected chi connectivity index (χ4v) is 6.65. The maximum absolute atomic E-state index is 14.3. The van der Waals surface area contributed by atoms with E-state index in [9.17, 15) is 9.59 Å². The Labute approximate surface area is 275 Å². The van der Waals surface area contributed by atoms with E-state index in [2.05, 4.69) is 0 Å². The van der Waals surface area contributed by atoms with Crippen LogP contribution in [0.15, 0.2) is 119 Å². The Morgan fingerprint density at radius 2 is 1.47 bits per heavy atom. The lowest BCUT2D eigenvalue weighted by Gasteiger charge is -2.37. The van der Waals surface area contributed by atoms with E-state index in [4.69, 9.17) is 23.9 Å². The fourth-order valence-electron chi connectivity index (χ4n) is 6.65. The third-order valence-electron chi connectivity index (χ3n) is 8.99. The minimum atomic E-state index is -0.771. The van der Waals surface area contributed by atoms with Gasteiger partial charge in [-0.3, -0.25) is 14.6 Å². The number of hydrogen-bond donors (Lipinski definition) is 0. The second-order valence-corrected chi connectivity index (χ2v) is 11.9. The van der Waals surface area contributed by atoms with Gasteiger partial charge in [0.15, 0.2) is 17.3 Å². The molecule has 2 aliphatic rings. The number of ketones is 1. The van der Waals surface area contributed by atoms with Gasteiger partial charge in [-0.1, -0.05) is 84.9 Å². The van der Waals surface area contributed by atoms with Crippen LogP contribution in [0.4, 0.5) is 0 Å². The second-order valence-electron chi connectivity index (χ2n) is 11.9. The highest BCUT2D eigenvalue weighted by molar-refractivity contribution is 6.09. The van der Waals surface area contributed by atoms with Crippen LogP contribution in [0.5, 0.6) is 17.2 Å². The molecule has 1 aliphatic carbocycles. The summed E-state index contributed by atoms with van der Waals surface area (Å²) in [5.41, 5.74) is 5.74. The van der Waals surface area contributed by atoms with Gasteiger partial charge in [-0.2, -0.15) is 0 Å². The molecule has 7 nitrogen and oxygen atoms in total. The molecule has 47 heavy (non-hydrogen) atoms. The fraction of sp³-hybridized carbons (Fsp3) is 0.275. The van der Waals surface area contributed by atoms with Crippen LogP contribution in [0.25, 0.3) is 0 Å². The first-order valence-corrected chi connectivity index (χ1v) is 16.0. The highest BCUT2D eigenvalue weighted by atomic mass is 16.5. The molecule has 1 aliphatic heterocycles. The average Bonchev–Trinajstić information content (AvgIpc) is 3.10. The Morgan fingerprint density at radius 3 is 2.19 bits per heavy atom. The average molecular weight is 630 g/mol. The third kappa shape index (κ3) is 6.99. The summed E-state index contributed by atoms with van der Waals surface area (Å²) >= 11 is 0. The summed E-state index contributed by atoms with van der Waals surface area (Å²) in [6.07, 6.45) is 1.42. The Kier molecular flexibility index (Phi) is 9.81. The molecule has 0 saturated carbocycles. The molecule has 0 fully saturated rings. The second kappa shape index (κ2) is 14.5. The number of carbonyl (C=O) groups excluding carboxylic acids is 2. The van der Waals surface area contributed by atoms with Crippen LogP contribution in [-0.4, -0.2) is 38.3 Å². The molecule has 1 heterocycles. The van der Waals surface area contributed by atoms with E-state index in [1.165, 1.54) is 0 Å². The largest absolute Gasteiger partial charge is 0.493 e. The summed E-state index contributed by atoms with van der Waals surface area (Å²) in [7, 11) is 3.20. The molecule has 240 valence electrons. The summed E-state index contributed by atoms with van der Waals surface area (Å²) in [5, 5.41) is 0. The number of ether oxygens (including phenoxy) is 4. The standard InChI is InChI=1S/C40H39NO6/c1-26-37(40(43)46-21-20-27-12-6-4-7-13-27)38(31-16-10-11-17-34(31)47-25-28-14-8-5-9-15-28)39-32(41-26)22-30(23-33(39)42)29-18-19-35(44-2)36(24-29)45-3/h4-19,24,30,37-38H,20-23,25H2,1-3H3/t30-,37?,38-/m1/s1. The van der Waals surface area contributed by atoms with E-state index in [0.717, 1.165) is 22.3 Å². The Balaban J connectivity index is 1.35. The maximum atomic E-state index is 14.3. The molecule has 0 spiro atoms. The van der Waals surface area contributed by atoms with Crippen LogP contribution in [-0.2, 0) is 27.4 Å². The van der Waals surface area contributed by atoms with Gasteiger partial charge in [-0.25, -0.2) is 0 Å². The smallest absolute Gasteiger partial charge is 0.315 e. The third-order valence-corrected chi connectivity index (χ3v) is 8.99. The van der Waals surface area contributed by atoms with Crippen LogP contribution >= 0.6 is 0 Å². The summed E-state index contributed by atoms with van der Waals surface area (Å²) in [6, 6.07) is 33.3. The van der Waals surface area contributed by atoms with E-state index < -0.39 is 17.8 Å². The van der Waals surface area contributed by atoms with Crippen LogP contribution in [0.2, 0.25) is 0 Å². The van der Waals surface area contributed by atoms with Crippen molar-refractivity contribution in [3.8, 4) is 17.2 Å². The number of nitrogens with zero attached hydrogens (tertiary/aromatic N) is 1. The van der Waals surface area contributed by atoms with Crippen molar-refractivity contribution in [3.63, 3.8) is 0 Å². The highest BCUT2D eigenvalue weighted by Gasteiger charge is 2.45. The van der Waals surface area contributed by atoms with Crippen LogP contribution in [0.1, 0.15) is 53.9 Å². The highest BCUT2D eigenvalue weighted by Crippen LogP contribution is 2.49. The zero-order chi connectivity index (χ0) is 32.8. The van der Waals surface area contributed by atoms with Gasteiger partial charge in [0.05, 0.1) is 20.8 Å². The van der Waals surface area contributed by atoms with Crippen molar-refractivity contribution in [1.82, 2.24) is 0 Å². The molecule has 0 aromatic heterocycles. The molecule has 0 radical (unpaired) electrons. The van der Waals surface area contributed by atoms with Crippen molar-refractivity contribution in [3.05, 3.63) is 137 Å². The van der Waals surface area contributed by atoms with Crippen LogP contribution in [0, 0.1) is 5.92 Å². The minimum Gasteiger partial charge on any atom is -0.493 e. The van der Waals surface area contributed by atoms with Gasteiger partial charge in [0.2, 0.25) is 0 Å². The molecule has 0 saturated heterocycles. The quantitative estimate of drug-likeness (QED) is 0.159. The molecule has 6 rings (SSSR count). The lowest BCUT2D eigenvalue weighted by molar-refractivity contribution is -0.146. The number of para-hydroxylation sites is 1. The van der Waals surface area contributed by atoms with Crippen molar-refractivity contribution >= 4 is 17.5 Å². The molecular weight excluding hydrogens is 590 g/mol. The molecular formula is C40H39NO6. The van der Waals surface area contributed by atoms with Crippen LogP contribution in [0.3, 0.4) is 0 Å². The summed E-state index contributed by atoms with van der Waals surface area (Å²) in [4.78, 5) is 33.2. The summed E-state index contributed by atoms with van der Waals surface area (Å²) in [6.45, 7) is 2.44. The van der Waals surface area contributed by atoms with Gasteiger partial charge in [-0.15, -0.1) is 0 Å². The van der Waals surface area contributed by atoms with E-state index in [1.807, 2.05) is 110 Å². The van der Waals surface area contributed by atoms with Gasteiger partial charge in [-0.05, 0) is 54.2 Å². The first-order chi connectivity index (χ1) is 23.0. The molecule has 7 heteroatoms. The van der Waals surface area contributed by atoms with Gasteiger partial charge in [0.25, 0.3) is 0 Å². The summed E-state index contributed by atoms with van der Waals surface area (Å²) in [5.74, 6) is -0.0346. The maximum Gasteiger partial charge on any atom is 0.315 e.